The number of benzene rings is 2. The predicted octanol–water partition coefficient (Wildman–Crippen LogP) is 4.64. The SMILES string of the molecule is CCCCc1ccc(N=Nc2ccc(OCCOS(=O)(=O)O)cc2)cc1. The van der Waals surface area contributed by atoms with Crippen molar-refractivity contribution < 1.29 is 21.9 Å². The lowest BCUT2D eigenvalue weighted by Crippen LogP contribution is -2.11. The molecule has 0 atom stereocenters. The van der Waals surface area contributed by atoms with Crippen molar-refractivity contribution in [3.8, 4) is 5.75 Å². The first-order valence-electron chi connectivity index (χ1n) is 8.31. The van der Waals surface area contributed by atoms with Crippen LogP contribution in [0.5, 0.6) is 5.75 Å². The molecule has 0 aliphatic carbocycles. The van der Waals surface area contributed by atoms with E-state index in [0.717, 1.165) is 12.1 Å². The molecule has 0 saturated heterocycles. The van der Waals surface area contributed by atoms with Crippen LogP contribution in [0.25, 0.3) is 0 Å². The highest BCUT2D eigenvalue weighted by molar-refractivity contribution is 7.80. The Morgan fingerprint density at radius 1 is 0.923 bits per heavy atom. The van der Waals surface area contributed by atoms with Gasteiger partial charge in [0, 0.05) is 0 Å². The Balaban J connectivity index is 1.83. The zero-order chi connectivity index (χ0) is 18.8. The van der Waals surface area contributed by atoms with E-state index >= 15 is 0 Å². The van der Waals surface area contributed by atoms with Crippen molar-refractivity contribution in [3.05, 3.63) is 54.1 Å². The van der Waals surface area contributed by atoms with Crippen molar-refractivity contribution in [1.29, 1.82) is 0 Å². The van der Waals surface area contributed by atoms with Gasteiger partial charge in [-0.25, -0.2) is 4.18 Å². The minimum absolute atomic E-state index is 0.00889. The molecular formula is C18H22N2O5S. The van der Waals surface area contributed by atoms with Gasteiger partial charge in [0.25, 0.3) is 0 Å². The number of hydrogen-bond acceptors (Lipinski definition) is 6. The minimum Gasteiger partial charge on any atom is -0.491 e. The Morgan fingerprint density at radius 2 is 1.50 bits per heavy atom. The largest absolute Gasteiger partial charge is 0.491 e. The lowest BCUT2D eigenvalue weighted by molar-refractivity contribution is 0.202. The molecule has 140 valence electrons. The van der Waals surface area contributed by atoms with E-state index in [2.05, 4.69) is 33.5 Å². The normalized spacial score (nSPS) is 11.8. The fourth-order valence-electron chi connectivity index (χ4n) is 2.13. The molecule has 0 unspecified atom stereocenters. The highest BCUT2D eigenvalue weighted by Gasteiger charge is 2.03. The van der Waals surface area contributed by atoms with Crippen molar-refractivity contribution in [1.82, 2.24) is 0 Å². The van der Waals surface area contributed by atoms with Crippen molar-refractivity contribution in [2.45, 2.75) is 26.2 Å². The summed E-state index contributed by atoms with van der Waals surface area (Å²) in [6.07, 6.45) is 3.43. The van der Waals surface area contributed by atoms with Crippen LogP contribution in [0, 0.1) is 0 Å². The summed E-state index contributed by atoms with van der Waals surface area (Å²) in [6, 6.07) is 14.9. The zero-order valence-electron chi connectivity index (χ0n) is 14.5. The number of nitrogens with zero attached hydrogens (tertiary/aromatic N) is 2. The predicted molar refractivity (Wildman–Crippen MR) is 98.7 cm³/mol. The first-order valence-corrected chi connectivity index (χ1v) is 9.68. The van der Waals surface area contributed by atoms with Crippen LogP contribution in [0.3, 0.4) is 0 Å². The third kappa shape index (κ3) is 7.73. The lowest BCUT2D eigenvalue weighted by atomic mass is 10.1. The first-order chi connectivity index (χ1) is 12.5. The van der Waals surface area contributed by atoms with Crippen LogP contribution >= 0.6 is 0 Å². The van der Waals surface area contributed by atoms with E-state index in [0.29, 0.717) is 11.4 Å². The summed E-state index contributed by atoms with van der Waals surface area (Å²) < 4.78 is 38.7. The summed E-state index contributed by atoms with van der Waals surface area (Å²) >= 11 is 0. The molecular weight excluding hydrogens is 356 g/mol. The highest BCUT2D eigenvalue weighted by atomic mass is 32.3. The first kappa shape index (κ1) is 20.0. The second kappa shape index (κ2) is 10.0. The number of aryl methyl sites for hydroxylation is 1. The second-order valence-corrected chi connectivity index (χ2v) is 6.65. The van der Waals surface area contributed by atoms with Gasteiger partial charge in [0.05, 0.1) is 11.4 Å². The summed E-state index contributed by atoms with van der Waals surface area (Å²) in [5.74, 6) is 0.531. The maximum absolute atomic E-state index is 10.4. The summed E-state index contributed by atoms with van der Waals surface area (Å²) in [6.45, 7) is 1.89. The molecule has 26 heavy (non-hydrogen) atoms. The van der Waals surface area contributed by atoms with E-state index in [4.69, 9.17) is 9.29 Å². The van der Waals surface area contributed by atoms with Crippen molar-refractivity contribution in [3.63, 3.8) is 0 Å². The topological polar surface area (TPSA) is 97.6 Å². The molecule has 0 aliphatic heterocycles. The maximum Gasteiger partial charge on any atom is 0.397 e. The third-order valence-corrected chi connectivity index (χ3v) is 3.92. The summed E-state index contributed by atoms with van der Waals surface area (Å²) in [7, 11) is -4.43. The van der Waals surface area contributed by atoms with Gasteiger partial charge in [-0.2, -0.15) is 18.6 Å². The molecule has 0 aliphatic rings. The molecule has 0 aromatic heterocycles. The molecule has 0 spiro atoms. The van der Waals surface area contributed by atoms with Crippen LogP contribution in [0.4, 0.5) is 11.4 Å². The van der Waals surface area contributed by atoms with Crippen molar-refractivity contribution in [2.24, 2.45) is 10.2 Å². The maximum atomic E-state index is 10.4. The van der Waals surface area contributed by atoms with Crippen molar-refractivity contribution in [2.75, 3.05) is 13.2 Å². The number of rotatable bonds is 10. The molecule has 2 rings (SSSR count). The van der Waals surface area contributed by atoms with Gasteiger partial charge in [-0.3, -0.25) is 4.55 Å². The van der Waals surface area contributed by atoms with Gasteiger partial charge in [-0.15, -0.1) is 0 Å². The fourth-order valence-corrected chi connectivity index (χ4v) is 2.41. The van der Waals surface area contributed by atoms with Gasteiger partial charge in [0.1, 0.15) is 19.0 Å². The van der Waals surface area contributed by atoms with Crippen LogP contribution in [0.15, 0.2) is 58.8 Å². The monoisotopic (exact) mass is 378 g/mol. The molecule has 0 bridgehead atoms. The van der Waals surface area contributed by atoms with Crippen LogP contribution in [-0.4, -0.2) is 26.2 Å². The van der Waals surface area contributed by atoms with E-state index in [9.17, 15) is 8.42 Å². The second-order valence-electron chi connectivity index (χ2n) is 5.56. The Bertz CT molecular complexity index is 802. The average molecular weight is 378 g/mol. The fraction of sp³-hybridized carbons (Fsp3) is 0.333. The van der Waals surface area contributed by atoms with Crippen LogP contribution in [-0.2, 0) is 21.0 Å². The molecule has 2 aromatic carbocycles. The molecule has 0 amide bonds. The van der Waals surface area contributed by atoms with Crippen molar-refractivity contribution >= 4 is 21.8 Å². The van der Waals surface area contributed by atoms with Gasteiger partial charge in [0.2, 0.25) is 0 Å². The summed E-state index contributed by atoms with van der Waals surface area (Å²) in [5, 5.41) is 8.37. The zero-order valence-corrected chi connectivity index (χ0v) is 15.4. The average Bonchev–Trinajstić information content (AvgIpc) is 2.63. The third-order valence-electron chi connectivity index (χ3n) is 3.46. The van der Waals surface area contributed by atoms with E-state index < -0.39 is 10.4 Å². The molecule has 0 saturated carbocycles. The Morgan fingerprint density at radius 3 is 2.04 bits per heavy atom. The highest BCUT2D eigenvalue weighted by Crippen LogP contribution is 2.22. The van der Waals surface area contributed by atoms with E-state index in [1.807, 2.05) is 12.1 Å². The number of ether oxygens (including phenoxy) is 1. The quantitative estimate of drug-likeness (QED) is 0.369. The van der Waals surface area contributed by atoms with Gasteiger partial charge >= 0.3 is 10.4 Å². The molecule has 8 heteroatoms. The van der Waals surface area contributed by atoms with Gasteiger partial charge in [0.15, 0.2) is 0 Å². The lowest BCUT2D eigenvalue weighted by Gasteiger charge is -2.05. The molecule has 0 heterocycles. The summed E-state index contributed by atoms with van der Waals surface area (Å²) in [5.41, 5.74) is 2.75. The van der Waals surface area contributed by atoms with Gasteiger partial charge in [-0.1, -0.05) is 25.5 Å². The standard InChI is InChI=1S/C18H22N2O5S/c1-2-3-4-15-5-7-16(8-6-15)19-20-17-9-11-18(12-10-17)24-13-14-25-26(21,22)23/h5-12H,2-4,13-14H2,1H3,(H,21,22,23). The van der Waals surface area contributed by atoms with Crippen LogP contribution < -0.4 is 4.74 Å². The summed E-state index contributed by atoms with van der Waals surface area (Å²) in [4.78, 5) is 0. The molecule has 0 radical (unpaired) electrons. The Kier molecular flexibility index (Phi) is 7.71. The molecule has 0 fully saturated rings. The smallest absolute Gasteiger partial charge is 0.397 e. The van der Waals surface area contributed by atoms with E-state index in [-0.39, 0.29) is 13.2 Å². The Labute approximate surface area is 153 Å². The van der Waals surface area contributed by atoms with Crippen LogP contribution in [0.1, 0.15) is 25.3 Å². The van der Waals surface area contributed by atoms with Gasteiger partial charge in [-0.05, 0) is 54.8 Å². The molecule has 1 N–H and O–H groups in total. The number of azo groups is 1. The molecule has 2 aromatic rings. The van der Waals surface area contributed by atoms with Crippen LogP contribution in [0.2, 0.25) is 0 Å². The number of hydrogen-bond donors (Lipinski definition) is 1. The molecule has 7 nitrogen and oxygen atoms in total. The van der Waals surface area contributed by atoms with E-state index in [1.165, 1.54) is 18.4 Å². The number of unbranched alkanes of at least 4 members (excludes halogenated alkanes) is 1. The van der Waals surface area contributed by atoms with E-state index in [1.54, 1.807) is 24.3 Å². The Hall–Kier alpha value is -2.29. The van der Waals surface area contributed by atoms with Gasteiger partial charge < -0.3 is 4.74 Å². The minimum atomic E-state index is -4.43.